The van der Waals surface area contributed by atoms with E-state index in [0.29, 0.717) is 5.02 Å². The van der Waals surface area contributed by atoms with E-state index in [1.807, 2.05) is 0 Å². The lowest BCUT2D eigenvalue weighted by Gasteiger charge is -2.15. The Labute approximate surface area is 124 Å². The van der Waals surface area contributed by atoms with Crippen molar-refractivity contribution in [3.05, 3.63) is 33.3 Å². The maximum Gasteiger partial charge on any atom is 0.326 e. The number of amides is 1. The summed E-state index contributed by atoms with van der Waals surface area (Å²) in [6.07, 6.45) is 1.90. The first kappa shape index (κ1) is 14.3. The molecule has 0 aromatic heterocycles. The molecule has 1 aromatic rings. The van der Waals surface area contributed by atoms with E-state index in [-0.39, 0.29) is 18.2 Å². The molecular formula is C13H13BrClNO3. The molecule has 0 unspecified atom stereocenters. The molecule has 1 aliphatic carbocycles. The minimum absolute atomic E-state index is 0.00958. The summed E-state index contributed by atoms with van der Waals surface area (Å²) in [6.45, 7) is 0. The van der Waals surface area contributed by atoms with Crippen molar-refractivity contribution in [1.82, 2.24) is 5.32 Å². The van der Waals surface area contributed by atoms with Crippen LogP contribution in [0.5, 0.6) is 0 Å². The fraction of sp³-hybridized carbons (Fsp3) is 0.385. The number of nitrogens with one attached hydrogen (secondary N) is 1. The van der Waals surface area contributed by atoms with Gasteiger partial charge in [0.2, 0.25) is 5.91 Å². The number of halogens is 2. The number of benzene rings is 1. The Morgan fingerprint density at radius 3 is 2.74 bits per heavy atom. The van der Waals surface area contributed by atoms with Gasteiger partial charge in [-0.25, -0.2) is 4.79 Å². The molecule has 2 N–H and O–H groups in total. The number of rotatable bonds is 5. The Kier molecular flexibility index (Phi) is 4.47. The van der Waals surface area contributed by atoms with E-state index in [0.717, 1.165) is 22.9 Å². The van der Waals surface area contributed by atoms with Crippen molar-refractivity contribution in [3.63, 3.8) is 0 Å². The predicted octanol–water partition coefficient (Wildman–Crippen LogP) is 2.62. The van der Waals surface area contributed by atoms with Crippen LogP contribution in [0.25, 0.3) is 0 Å². The van der Waals surface area contributed by atoms with Crippen LogP contribution in [-0.2, 0) is 16.0 Å². The maximum absolute atomic E-state index is 11.7. The van der Waals surface area contributed by atoms with Gasteiger partial charge in [0.15, 0.2) is 0 Å². The third-order valence-electron chi connectivity index (χ3n) is 2.99. The molecule has 0 heterocycles. The monoisotopic (exact) mass is 345 g/mol. The van der Waals surface area contributed by atoms with Crippen LogP contribution < -0.4 is 5.32 Å². The number of hydrogen-bond acceptors (Lipinski definition) is 2. The molecule has 1 aliphatic rings. The molecule has 19 heavy (non-hydrogen) atoms. The zero-order valence-corrected chi connectivity index (χ0v) is 12.4. The van der Waals surface area contributed by atoms with Gasteiger partial charge in [-0.2, -0.15) is 0 Å². The van der Waals surface area contributed by atoms with Gasteiger partial charge >= 0.3 is 5.97 Å². The number of carboxylic acids is 1. The molecule has 2 rings (SSSR count). The zero-order valence-electron chi connectivity index (χ0n) is 10.0. The Bertz CT molecular complexity index is 517. The van der Waals surface area contributed by atoms with Crippen molar-refractivity contribution in [2.24, 2.45) is 5.92 Å². The van der Waals surface area contributed by atoms with Crippen LogP contribution in [-0.4, -0.2) is 23.0 Å². The molecule has 0 aliphatic heterocycles. The Hall–Kier alpha value is -1.07. The second-order valence-corrected chi connectivity index (χ2v) is 5.90. The fourth-order valence-corrected chi connectivity index (χ4v) is 2.36. The fourth-order valence-electron chi connectivity index (χ4n) is 1.75. The molecule has 6 heteroatoms. The van der Waals surface area contributed by atoms with Gasteiger partial charge < -0.3 is 10.4 Å². The van der Waals surface area contributed by atoms with Gasteiger partial charge in [-0.05, 0) is 36.6 Å². The van der Waals surface area contributed by atoms with Crippen LogP contribution in [0.1, 0.15) is 18.4 Å². The number of carboxylic acid groups (broad SMARTS) is 1. The number of carbonyl (C=O) groups is 2. The summed E-state index contributed by atoms with van der Waals surface area (Å²) in [5.74, 6) is -1.23. The minimum atomic E-state index is -1.04. The number of hydrogen-bond donors (Lipinski definition) is 2. The molecule has 0 spiro atoms. The number of carbonyl (C=O) groups excluding carboxylic acids is 1. The Morgan fingerprint density at radius 2 is 2.16 bits per heavy atom. The van der Waals surface area contributed by atoms with Gasteiger partial charge in [0.1, 0.15) is 6.04 Å². The lowest BCUT2D eigenvalue weighted by Crippen LogP contribution is -2.43. The third kappa shape index (κ3) is 3.94. The van der Waals surface area contributed by atoms with Gasteiger partial charge in [-0.15, -0.1) is 0 Å². The molecule has 1 fully saturated rings. The van der Waals surface area contributed by atoms with Gasteiger partial charge in [-0.1, -0.05) is 27.5 Å². The van der Waals surface area contributed by atoms with E-state index in [1.165, 1.54) is 0 Å². The Balaban J connectivity index is 2.09. The van der Waals surface area contributed by atoms with Gasteiger partial charge in [0.25, 0.3) is 0 Å². The second kappa shape index (κ2) is 5.92. The second-order valence-electron chi connectivity index (χ2n) is 4.61. The summed E-state index contributed by atoms with van der Waals surface area (Å²) in [5.41, 5.74) is 0.760. The molecule has 0 bridgehead atoms. The first-order valence-corrected chi connectivity index (χ1v) is 7.11. The van der Waals surface area contributed by atoms with E-state index < -0.39 is 12.0 Å². The van der Waals surface area contributed by atoms with E-state index >= 15 is 0 Å². The van der Waals surface area contributed by atoms with Crippen LogP contribution in [0.15, 0.2) is 22.7 Å². The summed E-state index contributed by atoms with van der Waals surface area (Å²) in [6, 6.07) is 4.25. The van der Waals surface area contributed by atoms with Crippen molar-refractivity contribution in [2.75, 3.05) is 0 Å². The van der Waals surface area contributed by atoms with Crippen LogP contribution in [0.2, 0.25) is 5.02 Å². The van der Waals surface area contributed by atoms with Crippen LogP contribution in [0.3, 0.4) is 0 Å². The smallest absolute Gasteiger partial charge is 0.326 e. The maximum atomic E-state index is 11.7. The highest BCUT2D eigenvalue weighted by Crippen LogP contribution is 2.29. The molecule has 0 radical (unpaired) electrons. The Morgan fingerprint density at radius 1 is 1.47 bits per heavy atom. The highest BCUT2D eigenvalue weighted by molar-refractivity contribution is 9.10. The molecular weight excluding hydrogens is 334 g/mol. The average molecular weight is 347 g/mol. The summed E-state index contributed by atoms with van der Waals surface area (Å²) in [5, 5.41) is 12.3. The zero-order chi connectivity index (χ0) is 14.0. The van der Waals surface area contributed by atoms with Gasteiger partial charge in [0, 0.05) is 21.8 Å². The quantitative estimate of drug-likeness (QED) is 0.861. The third-order valence-corrected chi connectivity index (χ3v) is 4.00. The van der Waals surface area contributed by atoms with E-state index in [4.69, 9.17) is 11.6 Å². The highest BCUT2D eigenvalue weighted by atomic mass is 79.9. The lowest BCUT2D eigenvalue weighted by molar-refractivity contribution is -0.142. The molecule has 0 saturated heterocycles. The summed E-state index contributed by atoms with van der Waals surface area (Å²) in [4.78, 5) is 22.9. The number of aliphatic carboxylic acids is 1. The molecule has 1 atom stereocenters. The van der Waals surface area contributed by atoms with Crippen molar-refractivity contribution >= 4 is 39.4 Å². The summed E-state index contributed by atoms with van der Waals surface area (Å²) >= 11 is 9.24. The lowest BCUT2D eigenvalue weighted by atomic mass is 10.1. The van der Waals surface area contributed by atoms with Gasteiger partial charge in [0.05, 0.1) is 0 Å². The molecule has 1 aromatic carbocycles. The van der Waals surface area contributed by atoms with Crippen LogP contribution in [0.4, 0.5) is 0 Å². The standard InChI is InChI=1S/C13H13BrClNO3/c14-10-4-3-9(15)5-8(10)6-11(13(18)19)16-12(17)7-1-2-7/h3-5,7,11H,1-2,6H2,(H,16,17)(H,18,19)/t11-/m0/s1. The SMILES string of the molecule is O=C(N[C@@H](Cc1cc(Cl)ccc1Br)C(=O)O)C1CC1. The first-order valence-electron chi connectivity index (χ1n) is 5.94. The largest absolute Gasteiger partial charge is 0.480 e. The highest BCUT2D eigenvalue weighted by Gasteiger charge is 2.32. The summed E-state index contributed by atoms with van der Waals surface area (Å²) in [7, 11) is 0. The van der Waals surface area contributed by atoms with Crippen LogP contribution >= 0.6 is 27.5 Å². The van der Waals surface area contributed by atoms with Crippen LogP contribution in [0, 0.1) is 5.92 Å². The van der Waals surface area contributed by atoms with Crippen molar-refractivity contribution in [1.29, 1.82) is 0 Å². The van der Waals surface area contributed by atoms with Crippen molar-refractivity contribution in [3.8, 4) is 0 Å². The molecule has 1 amide bonds. The normalized spacial score (nSPS) is 15.9. The van der Waals surface area contributed by atoms with Crippen molar-refractivity contribution < 1.29 is 14.7 Å². The minimum Gasteiger partial charge on any atom is -0.480 e. The van der Waals surface area contributed by atoms with E-state index in [1.54, 1.807) is 18.2 Å². The predicted molar refractivity (Wildman–Crippen MR) is 75.1 cm³/mol. The van der Waals surface area contributed by atoms with Crippen molar-refractivity contribution in [2.45, 2.75) is 25.3 Å². The topological polar surface area (TPSA) is 66.4 Å². The summed E-state index contributed by atoms with van der Waals surface area (Å²) < 4.78 is 0.781. The van der Waals surface area contributed by atoms with E-state index in [2.05, 4.69) is 21.2 Å². The first-order chi connectivity index (χ1) is 8.97. The molecule has 102 valence electrons. The average Bonchev–Trinajstić information content (AvgIpc) is 3.16. The molecule has 1 saturated carbocycles. The molecule has 4 nitrogen and oxygen atoms in total. The van der Waals surface area contributed by atoms with E-state index in [9.17, 15) is 14.7 Å². The van der Waals surface area contributed by atoms with Gasteiger partial charge in [-0.3, -0.25) is 4.79 Å².